The van der Waals surface area contributed by atoms with Gasteiger partial charge in [0.15, 0.2) is 0 Å². The largest absolute Gasteiger partial charge is 0.334 e. The highest BCUT2D eigenvalue weighted by molar-refractivity contribution is 5.89. The molecule has 0 atom stereocenters. The molecule has 4 heteroatoms. The SMILES string of the molecule is Cc1cccc(CNC(=O)Nc2ccc(F)c(C)c2)c1. The topological polar surface area (TPSA) is 41.1 Å². The zero-order valence-electron chi connectivity index (χ0n) is 11.5. The number of amides is 2. The molecule has 20 heavy (non-hydrogen) atoms. The molecular weight excluding hydrogens is 255 g/mol. The molecule has 0 unspecified atom stereocenters. The van der Waals surface area contributed by atoms with Crippen LogP contribution in [0, 0.1) is 19.7 Å². The zero-order valence-corrected chi connectivity index (χ0v) is 11.5. The van der Waals surface area contributed by atoms with E-state index in [1.165, 1.54) is 12.1 Å². The van der Waals surface area contributed by atoms with E-state index in [1.54, 1.807) is 13.0 Å². The Morgan fingerprint density at radius 3 is 2.65 bits per heavy atom. The lowest BCUT2D eigenvalue weighted by molar-refractivity contribution is 0.251. The fourth-order valence-electron chi connectivity index (χ4n) is 1.90. The third kappa shape index (κ3) is 3.82. The monoisotopic (exact) mass is 272 g/mol. The van der Waals surface area contributed by atoms with E-state index in [1.807, 2.05) is 31.2 Å². The summed E-state index contributed by atoms with van der Waals surface area (Å²) in [4.78, 5) is 11.8. The fourth-order valence-corrected chi connectivity index (χ4v) is 1.90. The summed E-state index contributed by atoms with van der Waals surface area (Å²) in [7, 11) is 0. The van der Waals surface area contributed by atoms with Gasteiger partial charge in [-0.25, -0.2) is 9.18 Å². The van der Waals surface area contributed by atoms with Crippen LogP contribution < -0.4 is 10.6 Å². The molecule has 3 nitrogen and oxygen atoms in total. The van der Waals surface area contributed by atoms with Crippen molar-refractivity contribution in [1.29, 1.82) is 0 Å². The van der Waals surface area contributed by atoms with Crippen molar-refractivity contribution in [2.45, 2.75) is 20.4 Å². The second-order valence-corrected chi connectivity index (χ2v) is 4.76. The number of halogens is 1. The Bertz CT molecular complexity index is 626. The second kappa shape index (κ2) is 6.19. The van der Waals surface area contributed by atoms with Gasteiger partial charge in [-0.05, 0) is 43.2 Å². The first kappa shape index (κ1) is 14.1. The van der Waals surface area contributed by atoms with Crippen molar-refractivity contribution < 1.29 is 9.18 Å². The van der Waals surface area contributed by atoms with E-state index in [-0.39, 0.29) is 11.8 Å². The van der Waals surface area contributed by atoms with Crippen molar-refractivity contribution in [3.8, 4) is 0 Å². The maximum atomic E-state index is 13.1. The van der Waals surface area contributed by atoms with Crippen LogP contribution in [-0.4, -0.2) is 6.03 Å². The molecule has 0 radical (unpaired) electrons. The molecular formula is C16H17FN2O. The lowest BCUT2D eigenvalue weighted by Gasteiger charge is -2.09. The van der Waals surface area contributed by atoms with E-state index in [0.29, 0.717) is 17.8 Å². The average Bonchev–Trinajstić information content (AvgIpc) is 2.41. The first-order valence-corrected chi connectivity index (χ1v) is 6.41. The van der Waals surface area contributed by atoms with E-state index < -0.39 is 0 Å². The summed E-state index contributed by atoms with van der Waals surface area (Å²) in [6.45, 7) is 4.11. The molecule has 0 bridgehead atoms. The smallest absolute Gasteiger partial charge is 0.319 e. The maximum Gasteiger partial charge on any atom is 0.319 e. The van der Waals surface area contributed by atoms with Crippen molar-refractivity contribution in [2.24, 2.45) is 0 Å². The molecule has 2 rings (SSSR count). The summed E-state index contributed by atoms with van der Waals surface area (Å²) < 4.78 is 13.1. The first-order chi connectivity index (χ1) is 9.54. The van der Waals surface area contributed by atoms with E-state index in [2.05, 4.69) is 10.6 Å². The number of aryl methyl sites for hydroxylation is 2. The van der Waals surface area contributed by atoms with Crippen LogP contribution in [-0.2, 0) is 6.54 Å². The van der Waals surface area contributed by atoms with Gasteiger partial charge in [0.1, 0.15) is 5.82 Å². The van der Waals surface area contributed by atoms with Crippen LogP contribution in [0.3, 0.4) is 0 Å². The predicted octanol–water partition coefficient (Wildman–Crippen LogP) is 3.76. The van der Waals surface area contributed by atoms with E-state index >= 15 is 0 Å². The van der Waals surface area contributed by atoms with Crippen molar-refractivity contribution in [3.05, 3.63) is 65.0 Å². The molecule has 0 fully saturated rings. The third-order valence-electron chi connectivity index (χ3n) is 2.95. The molecule has 0 aliphatic heterocycles. The Morgan fingerprint density at radius 1 is 1.15 bits per heavy atom. The minimum absolute atomic E-state index is 0.282. The lowest BCUT2D eigenvalue weighted by Crippen LogP contribution is -2.28. The normalized spacial score (nSPS) is 10.2. The highest BCUT2D eigenvalue weighted by Gasteiger charge is 2.04. The highest BCUT2D eigenvalue weighted by Crippen LogP contribution is 2.13. The molecule has 0 spiro atoms. The first-order valence-electron chi connectivity index (χ1n) is 6.41. The summed E-state index contributed by atoms with van der Waals surface area (Å²) in [5.74, 6) is -0.282. The number of nitrogens with one attached hydrogen (secondary N) is 2. The lowest BCUT2D eigenvalue weighted by atomic mass is 10.1. The molecule has 2 N–H and O–H groups in total. The van der Waals surface area contributed by atoms with E-state index in [4.69, 9.17) is 0 Å². The maximum absolute atomic E-state index is 13.1. The van der Waals surface area contributed by atoms with Crippen LogP contribution in [0.2, 0.25) is 0 Å². The molecule has 2 aromatic carbocycles. The summed E-state index contributed by atoms with van der Waals surface area (Å²) in [6, 6.07) is 12.1. The molecule has 0 heterocycles. The van der Waals surface area contributed by atoms with Gasteiger partial charge >= 0.3 is 6.03 Å². The van der Waals surface area contributed by atoms with Crippen molar-refractivity contribution in [3.63, 3.8) is 0 Å². The highest BCUT2D eigenvalue weighted by atomic mass is 19.1. The second-order valence-electron chi connectivity index (χ2n) is 4.76. The van der Waals surface area contributed by atoms with Gasteiger partial charge in [-0.3, -0.25) is 0 Å². The Labute approximate surface area is 117 Å². The average molecular weight is 272 g/mol. The number of rotatable bonds is 3. The van der Waals surface area contributed by atoms with Gasteiger partial charge in [-0.15, -0.1) is 0 Å². The van der Waals surface area contributed by atoms with Gasteiger partial charge in [0.05, 0.1) is 0 Å². The van der Waals surface area contributed by atoms with Crippen LogP contribution in [0.1, 0.15) is 16.7 Å². The van der Waals surface area contributed by atoms with Crippen LogP contribution >= 0.6 is 0 Å². The number of hydrogen-bond acceptors (Lipinski definition) is 1. The standard InChI is InChI=1S/C16H17FN2O/c1-11-4-3-5-13(8-11)10-18-16(20)19-14-6-7-15(17)12(2)9-14/h3-9H,10H2,1-2H3,(H2,18,19,20). The Kier molecular flexibility index (Phi) is 4.35. The molecule has 0 aliphatic carbocycles. The van der Waals surface area contributed by atoms with Gasteiger partial charge in [0.2, 0.25) is 0 Å². The number of anilines is 1. The minimum atomic E-state index is -0.308. The Hall–Kier alpha value is -2.36. The number of urea groups is 1. The van der Waals surface area contributed by atoms with Crippen LogP contribution in [0.5, 0.6) is 0 Å². The van der Waals surface area contributed by atoms with Gasteiger partial charge < -0.3 is 10.6 Å². The minimum Gasteiger partial charge on any atom is -0.334 e. The number of carbonyl (C=O) groups excluding carboxylic acids is 1. The van der Waals surface area contributed by atoms with Gasteiger partial charge in [0, 0.05) is 12.2 Å². The molecule has 2 aromatic rings. The zero-order chi connectivity index (χ0) is 14.5. The van der Waals surface area contributed by atoms with Gasteiger partial charge in [-0.1, -0.05) is 29.8 Å². The van der Waals surface area contributed by atoms with Crippen LogP contribution in [0.15, 0.2) is 42.5 Å². The number of benzene rings is 2. The summed E-state index contributed by atoms with van der Waals surface area (Å²) >= 11 is 0. The van der Waals surface area contributed by atoms with Crippen LogP contribution in [0.4, 0.5) is 14.9 Å². The van der Waals surface area contributed by atoms with Crippen molar-refractivity contribution in [2.75, 3.05) is 5.32 Å². The molecule has 0 aliphatic rings. The summed E-state index contributed by atoms with van der Waals surface area (Å²) in [5.41, 5.74) is 3.27. The number of carbonyl (C=O) groups is 1. The summed E-state index contributed by atoms with van der Waals surface area (Å²) in [5, 5.41) is 5.44. The van der Waals surface area contributed by atoms with E-state index in [9.17, 15) is 9.18 Å². The van der Waals surface area contributed by atoms with Gasteiger partial charge in [-0.2, -0.15) is 0 Å². The third-order valence-corrected chi connectivity index (χ3v) is 2.95. The van der Waals surface area contributed by atoms with Crippen molar-refractivity contribution >= 4 is 11.7 Å². The number of hydrogen-bond donors (Lipinski definition) is 2. The molecule has 0 aromatic heterocycles. The Morgan fingerprint density at radius 2 is 1.95 bits per heavy atom. The molecule has 104 valence electrons. The molecule has 2 amide bonds. The Balaban J connectivity index is 1.91. The quantitative estimate of drug-likeness (QED) is 0.877. The molecule has 0 saturated heterocycles. The fraction of sp³-hybridized carbons (Fsp3) is 0.188. The van der Waals surface area contributed by atoms with Crippen molar-refractivity contribution in [1.82, 2.24) is 5.32 Å². The molecule has 0 saturated carbocycles. The van der Waals surface area contributed by atoms with E-state index in [0.717, 1.165) is 11.1 Å². The summed E-state index contributed by atoms with van der Waals surface area (Å²) in [6.07, 6.45) is 0. The predicted molar refractivity (Wildman–Crippen MR) is 78.2 cm³/mol. The van der Waals surface area contributed by atoms with Gasteiger partial charge in [0.25, 0.3) is 0 Å². The van der Waals surface area contributed by atoms with Crippen LogP contribution in [0.25, 0.3) is 0 Å².